The fourth-order valence-electron chi connectivity index (χ4n) is 3.51. The molecule has 0 saturated carbocycles. The lowest BCUT2D eigenvalue weighted by Gasteiger charge is -2.11. The van der Waals surface area contributed by atoms with Gasteiger partial charge in [-0.05, 0) is 56.4 Å². The molecule has 2 aromatic heterocycles. The first-order valence-electron chi connectivity index (χ1n) is 8.98. The number of hydrogen-bond acceptors (Lipinski definition) is 5. The van der Waals surface area contributed by atoms with E-state index in [-0.39, 0.29) is 11.9 Å². The van der Waals surface area contributed by atoms with Gasteiger partial charge >= 0.3 is 5.97 Å². The minimum Gasteiger partial charge on any atom is -0.465 e. The molecule has 0 aliphatic heterocycles. The minimum absolute atomic E-state index is 0.246. The number of nitrogens with zero attached hydrogens (tertiary/aromatic N) is 1. The van der Waals surface area contributed by atoms with Crippen LogP contribution in [0, 0.1) is 6.92 Å². The molecule has 0 saturated heterocycles. The van der Waals surface area contributed by atoms with Crippen LogP contribution in [0.1, 0.15) is 49.7 Å². The zero-order valence-corrected chi connectivity index (χ0v) is 16.1. The molecule has 5 nitrogen and oxygen atoms in total. The van der Waals surface area contributed by atoms with Crippen molar-refractivity contribution in [3.05, 3.63) is 57.6 Å². The van der Waals surface area contributed by atoms with E-state index in [9.17, 15) is 9.59 Å². The Balaban J connectivity index is 1.68. The predicted octanol–water partition coefficient (Wildman–Crippen LogP) is 4.52. The zero-order valence-electron chi connectivity index (χ0n) is 15.3. The number of carbonyl (C=O) groups is 2. The molecule has 1 aliphatic rings. The van der Waals surface area contributed by atoms with Crippen LogP contribution in [0.25, 0.3) is 10.9 Å². The second-order valence-corrected chi connectivity index (χ2v) is 7.83. The standard InChI is InChI=1S/C21H20N2O3S/c1-12-7-8-13-9-10-14(11-16(13)22-12)19(24)23-20-18(21(25)26-2)15-5-3-4-6-17(15)27-20/h7-11H,3-6H2,1-2H3,(H,23,24). The van der Waals surface area contributed by atoms with Gasteiger partial charge in [-0.15, -0.1) is 11.3 Å². The molecule has 27 heavy (non-hydrogen) atoms. The molecule has 1 amide bonds. The molecule has 3 aromatic rings. The largest absolute Gasteiger partial charge is 0.465 e. The number of rotatable bonds is 3. The van der Waals surface area contributed by atoms with Crippen molar-refractivity contribution in [2.75, 3.05) is 12.4 Å². The van der Waals surface area contributed by atoms with Gasteiger partial charge in [0, 0.05) is 21.5 Å². The highest BCUT2D eigenvalue weighted by Gasteiger charge is 2.27. The van der Waals surface area contributed by atoms with Crippen LogP contribution in [0.15, 0.2) is 30.3 Å². The molecule has 0 spiro atoms. The van der Waals surface area contributed by atoms with Gasteiger partial charge in [-0.2, -0.15) is 0 Å². The molecule has 1 N–H and O–H groups in total. The van der Waals surface area contributed by atoms with Gasteiger partial charge in [-0.3, -0.25) is 9.78 Å². The Hall–Kier alpha value is -2.73. The maximum absolute atomic E-state index is 12.8. The number of amides is 1. The van der Waals surface area contributed by atoms with Crippen molar-refractivity contribution in [2.24, 2.45) is 0 Å². The van der Waals surface area contributed by atoms with E-state index in [0.29, 0.717) is 16.1 Å². The fraction of sp³-hybridized carbons (Fsp3) is 0.286. The SMILES string of the molecule is COC(=O)c1c(NC(=O)c2ccc3ccc(C)nc3c2)sc2c1CCCC2. The van der Waals surface area contributed by atoms with Crippen molar-refractivity contribution in [3.8, 4) is 0 Å². The number of carbonyl (C=O) groups excluding carboxylic acids is 2. The lowest BCUT2D eigenvalue weighted by Crippen LogP contribution is -2.15. The Morgan fingerprint density at radius 2 is 1.93 bits per heavy atom. The third-order valence-electron chi connectivity index (χ3n) is 4.88. The lowest BCUT2D eigenvalue weighted by atomic mass is 9.95. The van der Waals surface area contributed by atoms with Gasteiger partial charge in [-0.25, -0.2) is 4.79 Å². The van der Waals surface area contributed by atoms with Gasteiger partial charge in [0.05, 0.1) is 18.2 Å². The first-order chi connectivity index (χ1) is 13.1. The Labute approximate surface area is 161 Å². The summed E-state index contributed by atoms with van der Waals surface area (Å²) in [5.74, 6) is -0.635. The Morgan fingerprint density at radius 1 is 1.15 bits per heavy atom. The van der Waals surface area contributed by atoms with Crippen LogP contribution < -0.4 is 5.32 Å². The van der Waals surface area contributed by atoms with Crippen LogP contribution >= 0.6 is 11.3 Å². The van der Waals surface area contributed by atoms with Crippen LogP contribution in [0.5, 0.6) is 0 Å². The summed E-state index contributed by atoms with van der Waals surface area (Å²) < 4.78 is 4.97. The second-order valence-electron chi connectivity index (χ2n) is 6.72. The number of aryl methyl sites for hydroxylation is 2. The molecule has 0 atom stereocenters. The third-order valence-corrected chi connectivity index (χ3v) is 6.09. The van der Waals surface area contributed by atoms with E-state index >= 15 is 0 Å². The van der Waals surface area contributed by atoms with E-state index in [2.05, 4.69) is 10.3 Å². The average Bonchev–Trinajstić information content (AvgIpc) is 3.04. The first kappa shape index (κ1) is 17.7. The Bertz CT molecular complexity index is 1060. The van der Waals surface area contributed by atoms with Crippen molar-refractivity contribution in [1.82, 2.24) is 4.98 Å². The molecule has 0 bridgehead atoms. The van der Waals surface area contributed by atoms with E-state index in [4.69, 9.17) is 4.74 Å². The summed E-state index contributed by atoms with van der Waals surface area (Å²) in [5.41, 5.74) is 3.74. The number of esters is 1. The summed E-state index contributed by atoms with van der Waals surface area (Å²) in [4.78, 5) is 30.8. The van der Waals surface area contributed by atoms with Gasteiger partial charge in [0.25, 0.3) is 5.91 Å². The topological polar surface area (TPSA) is 68.3 Å². The molecule has 1 aromatic carbocycles. The normalized spacial score (nSPS) is 13.3. The lowest BCUT2D eigenvalue weighted by molar-refractivity contribution is 0.0601. The molecule has 0 fully saturated rings. The van der Waals surface area contributed by atoms with E-state index < -0.39 is 0 Å². The number of benzene rings is 1. The number of methoxy groups -OCH3 is 1. The molecule has 0 unspecified atom stereocenters. The highest BCUT2D eigenvalue weighted by atomic mass is 32.1. The van der Waals surface area contributed by atoms with Gasteiger partial charge in [-0.1, -0.05) is 12.1 Å². The van der Waals surface area contributed by atoms with Crippen LogP contribution in [0.4, 0.5) is 5.00 Å². The minimum atomic E-state index is -0.388. The van der Waals surface area contributed by atoms with E-state index in [1.807, 2.05) is 25.1 Å². The summed E-state index contributed by atoms with van der Waals surface area (Å²) in [6, 6.07) is 9.38. The Kier molecular flexibility index (Phi) is 4.66. The van der Waals surface area contributed by atoms with E-state index in [1.54, 1.807) is 12.1 Å². The highest BCUT2D eigenvalue weighted by Crippen LogP contribution is 2.38. The number of ether oxygens (including phenoxy) is 1. The van der Waals surface area contributed by atoms with E-state index in [1.165, 1.54) is 23.3 Å². The van der Waals surface area contributed by atoms with Gasteiger partial charge < -0.3 is 10.1 Å². The van der Waals surface area contributed by atoms with Gasteiger partial charge in [0.1, 0.15) is 5.00 Å². The molecule has 138 valence electrons. The number of hydrogen-bond donors (Lipinski definition) is 1. The predicted molar refractivity (Wildman–Crippen MR) is 107 cm³/mol. The quantitative estimate of drug-likeness (QED) is 0.678. The Morgan fingerprint density at radius 3 is 2.74 bits per heavy atom. The van der Waals surface area contributed by atoms with Crippen molar-refractivity contribution in [1.29, 1.82) is 0 Å². The molecule has 2 heterocycles. The smallest absolute Gasteiger partial charge is 0.341 e. The molecule has 6 heteroatoms. The third kappa shape index (κ3) is 3.32. The van der Waals surface area contributed by atoms with Crippen LogP contribution in [-0.2, 0) is 17.6 Å². The van der Waals surface area contributed by atoms with Crippen LogP contribution in [-0.4, -0.2) is 24.0 Å². The summed E-state index contributed by atoms with van der Waals surface area (Å²) in [6.07, 6.45) is 3.96. The molecular formula is C21H20N2O3S. The number of thiophene rings is 1. The van der Waals surface area contributed by atoms with Gasteiger partial charge in [0.2, 0.25) is 0 Å². The fourth-order valence-corrected chi connectivity index (χ4v) is 4.78. The van der Waals surface area contributed by atoms with Gasteiger partial charge in [0.15, 0.2) is 0 Å². The summed E-state index contributed by atoms with van der Waals surface area (Å²) >= 11 is 1.49. The van der Waals surface area contributed by atoms with Crippen LogP contribution in [0.2, 0.25) is 0 Å². The number of fused-ring (bicyclic) bond motifs is 2. The van der Waals surface area contributed by atoms with Crippen molar-refractivity contribution < 1.29 is 14.3 Å². The summed E-state index contributed by atoms with van der Waals surface area (Å²) in [5, 5.41) is 4.49. The van der Waals surface area contributed by atoms with Crippen molar-refractivity contribution >= 4 is 39.1 Å². The number of nitrogens with one attached hydrogen (secondary N) is 1. The maximum atomic E-state index is 12.8. The molecular weight excluding hydrogens is 360 g/mol. The van der Waals surface area contributed by atoms with Crippen LogP contribution in [0.3, 0.4) is 0 Å². The highest BCUT2D eigenvalue weighted by molar-refractivity contribution is 7.17. The summed E-state index contributed by atoms with van der Waals surface area (Å²) in [7, 11) is 1.37. The average molecular weight is 380 g/mol. The second kappa shape index (κ2) is 7.12. The number of anilines is 1. The van der Waals surface area contributed by atoms with E-state index in [0.717, 1.165) is 47.8 Å². The number of aromatic nitrogens is 1. The molecule has 0 radical (unpaired) electrons. The summed E-state index contributed by atoms with van der Waals surface area (Å²) in [6.45, 7) is 1.92. The zero-order chi connectivity index (χ0) is 19.0. The van der Waals surface area contributed by atoms with Crippen molar-refractivity contribution in [3.63, 3.8) is 0 Å². The monoisotopic (exact) mass is 380 g/mol. The van der Waals surface area contributed by atoms with Crippen molar-refractivity contribution in [2.45, 2.75) is 32.6 Å². The molecule has 4 rings (SSSR count). The maximum Gasteiger partial charge on any atom is 0.341 e. The number of pyridine rings is 1. The first-order valence-corrected chi connectivity index (χ1v) is 9.80. The molecule has 1 aliphatic carbocycles.